The summed E-state index contributed by atoms with van der Waals surface area (Å²) in [6.07, 6.45) is -0.977. The number of aliphatic hydroxyl groups is 1. The predicted octanol–water partition coefficient (Wildman–Crippen LogP) is 3.20. The molecule has 0 aliphatic carbocycles. The quantitative estimate of drug-likeness (QED) is 0.544. The summed E-state index contributed by atoms with van der Waals surface area (Å²) in [6.45, 7) is 5.12. The second kappa shape index (κ2) is 8.78. The summed E-state index contributed by atoms with van der Waals surface area (Å²) in [5, 5.41) is 12.0. The van der Waals surface area contributed by atoms with Crippen LogP contribution in [-0.4, -0.2) is 47.5 Å². The van der Waals surface area contributed by atoms with E-state index in [4.69, 9.17) is 9.15 Å². The number of hydrogen-bond acceptors (Lipinski definition) is 8. The van der Waals surface area contributed by atoms with Crippen molar-refractivity contribution < 1.29 is 27.5 Å². The second-order valence-corrected chi connectivity index (χ2v) is 10.7. The Kier molecular flexibility index (Phi) is 6.22. The van der Waals surface area contributed by atoms with Crippen molar-refractivity contribution in [1.29, 1.82) is 0 Å². The molecule has 0 radical (unpaired) electrons. The lowest BCUT2D eigenvalue weighted by molar-refractivity contribution is -0.149. The number of hydrogen-bond donors (Lipinski definition) is 1. The van der Waals surface area contributed by atoms with Gasteiger partial charge in [0, 0.05) is 13.0 Å². The molecule has 4 rings (SSSR count). The molecule has 1 aromatic carbocycles. The number of aryl methyl sites for hydroxylation is 3. The number of β-amino-alcohol motifs (C(OH)–C–C–N with tert-alkyl or cyclic N) is 1. The van der Waals surface area contributed by atoms with Crippen LogP contribution in [0.15, 0.2) is 45.0 Å². The van der Waals surface area contributed by atoms with Crippen LogP contribution in [0.25, 0.3) is 10.8 Å². The minimum absolute atomic E-state index is 0.0266. The number of rotatable bonds is 6. The molecule has 0 spiro atoms. The number of oxazole rings is 1. The zero-order valence-electron chi connectivity index (χ0n) is 17.9. The van der Waals surface area contributed by atoms with E-state index in [1.165, 1.54) is 17.4 Å². The number of esters is 1. The fourth-order valence-electron chi connectivity index (χ4n) is 3.58. The van der Waals surface area contributed by atoms with Crippen molar-refractivity contribution in [1.82, 2.24) is 9.29 Å². The molecule has 0 saturated carbocycles. The lowest BCUT2D eigenvalue weighted by atomic mass is 10.1. The zero-order valence-corrected chi connectivity index (χ0v) is 19.6. The Morgan fingerprint density at radius 2 is 2.06 bits per heavy atom. The highest BCUT2D eigenvalue weighted by Gasteiger charge is 2.44. The highest BCUT2D eigenvalue weighted by molar-refractivity contribution is 7.89. The van der Waals surface area contributed by atoms with Gasteiger partial charge in [-0.2, -0.15) is 4.31 Å². The number of thiophene rings is 1. The van der Waals surface area contributed by atoms with Crippen LogP contribution in [0.1, 0.15) is 29.0 Å². The topological polar surface area (TPSA) is 110 Å². The Labute approximate surface area is 190 Å². The molecule has 0 bridgehead atoms. The second-order valence-electron chi connectivity index (χ2n) is 7.83. The summed E-state index contributed by atoms with van der Waals surface area (Å²) in [4.78, 5) is 18.1. The van der Waals surface area contributed by atoms with Crippen LogP contribution in [0.3, 0.4) is 0 Å². The van der Waals surface area contributed by atoms with E-state index >= 15 is 0 Å². The standard InChI is InChI=1S/C22H24N2O6S2/c1-13-6-7-17(9-14(13)2)32(27,28)24-11-16(25)10-19(24)22(26)29-12-18-15(3)30-21(23-18)20-5-4-8-31-20/h4-9,16,19,25H,10-12H2,1-3H3/t16-,19+/m0/s1. The molecule has 1 aliphatic rings. The molecule has 0 amide bonds. The van der Waals surface area contributed by atoms with Crippen molar-refractivity contribution in [3.05, 3.63) is 58.3 Å². The number of aliphatic hydroxyl groups excluding tert-OH is 1. The van der Waals surface area contributed by atoms with Crippen molar-refractivity contribution in [3.8, 4) is 10.8 Å². The van der Waals surface area contributed by atoms with E-state index in [9.17, 15) is 18.3 Å². The molecular weight excluding hydrogens is 452 g/mol. The number of carbonyl (C=O) groups excluding carboxylic acids is 1. The first kappa shape index (κ1) is 22.7. The van der Waals surface area contributed by atoms with Gasteiger partial charge in [-0.15, -0.1) is 11.3 Å². The Morgan fingerprint density at radius 3 is 2.75 bits per heavy atom. The highest BCUT2D eigenvalue weighted by Crippen LogP contribution is 2.29. The summed E-state index contributed by atoms with van der Waals surface area (Å²) in [6, 6.07) is 7.45. The van der Waals surface area contributed by atoms with E-state index in [-0.39, 0.29) is 24.5 Å². The van der Waals surface area contributed by atoms with Crippen LogP contribution in [0, 0.1) is 20.8 Å². The van der Waals surface area contributed by atoms with Crippen LogP contribution < -0.4 is 0 Å². The number of nitrogens with zero attached hydrogens (tertiary/aromatic N) is 2. The summed E-state index contributed by atoms with van der Waals surface area (Å²) >= 11 is 1.48. The molecule has 170 valence electrons. The first-order valence-electron chi connectivity index (χ1n) is 10.1. The van der Waals surface area contributed by atoms with E-state index < -0.39 is 28.1 Å². The summed E-state index contributed by atoms with van der Waals surface area (Å²) < 4.78 is 38.5. The molecule has 1 fully saturated rings. The molecule has 3 heterocycles. The van der Waals surface area contributed by atoms with Gasteiger partial charge in [0.1, 0.15) is 24.1 Å². The molecule has 1 saturated heterocycles. The van der Waals surface area contributed by atoms with Gasteiger partial charge in [0.25, 0.3) is 0 Å². The Balaban J connectivity index is 1.51. The van der Waals surface area contributed by atoms with Gasteiger partial charge in [0.2, 0.25) is 15.9 Å². The predicted molar refractivity (Wildman–Crippen MR) is 119 cm³/mol. The molecule has 3 aromatic rings. The highest BCUT2D eigenvalue weighted by atomic mass is 32.2. The summed E-state index contributed by atoms with van der Waals surface area (Å²) in [5.74, 6) is 0.236. The van der Waals surface area contributed by atoms with Gasteiger partial charge in [-0.25, -0.2) is 13.4 Å². The number of aromatic nitrogens is 1. The third-order valence-corrected chi connectivity index (χ3v) is 8.29. The van der Waals surface area contributed by atoms with E-state index in [0.717, 1.165) is 20.3 Å². The van der Waals surface area contributed by atoms with Crippen LogP contribution in [0.4, 0.5) is 0 Å². The van der Waals surface area contributed by atoms with Crippen molar-refractivity contribution >= 4 is 27.3 Å². The van der Waals surface area contributed by atoms with Crippen LogP contribution >= 0.6 is 11.3 Å². The average molecular weight is 477 g/mol. The van der Waals surface area contributed by atoms with E-state index in [2.05, 4.69) is 4.98 Å². The van der Waals surface area contributed by atoms with Gasteiger partial charge >= 0.3 is 5.97 Å². The van der Waals surface area contributed by atoms with E-state index in [1.807, 2.05) is 31.4 Å². The van der Waals surface area contributed by atoms with Gasteiger partial charge < -0.3 is 14.3 Å². The van der Waals surface area contributed by atoms with Crippen molar-refractivity contribution in [2.75, 3.05) is 6.54 Å². The van der Waals surface area contributed by atoms with Crippen molar-refractivity contribution in [3.63, 3.8) is 0 Å². The summed E-state index contributed by atoms with van der Waals surface area (Å²) in [5.41, 5.74) is 2.25. The number of benzene rings is 1. The summed E-state index contributed by atoms with van der Waals surface area (Å²) in [7, 11) is -3.98. The molecule has 1 aliphatic heterocycles. The van der Waals surface area contributed by atoms with Crippen molar-refractivity contribution in [2.45, 2.75) is 50.8 Å². The lowest BCUT2D eigenvalue weighted by Crippen LogP contribution is -2.41. The largest absolute Gasteiger partial charge is 0.458 e. The monoisotopic (exact) mass is 476 g/mol. The van der Waals surface area contributed by atoms with Gasteiger partial charge in [-0.1, -0.05) is 12.1 Å². The van der Waals surface area contributed by atoms with Crippen LogP contribution in [-0.2, 0) is 26.2 Å². The Hall–Kier alpha value is -2.53. The maximum Gasteiger partial charge on any atom is 0.324 e. The van der Waals surface area contributed by atoms with Crippen molar-refractivity contribution in [2.24, 2.45) is 0 Å². The maximum atomic E-state index is 13.2. The average Bonchev–Trinajstić information content (AvgIpc) is 3.48. The van der Waals surface area contributed by atoms with Gasteiger partial charge in [-0.05, 0) is 55.5 Å². The van der Waals surface area contributed by atoms with E-state index in [1.54, 1.807) is 19.1 Å². The minimum Gasteiger partial charge on any atom is -0.458 e. The zero-order chi connectivity index (χ0) is 23.0. The van der Waals surface area contributed by atoms with Crippen LogP contribution in [0.5, 0.6) is 0 Å². The fraction of sp³-hybridized carbons (Fsp3) is 0.364. The fourth-order valence-corrected chi connectivity index (χ4v) is 5.94. The minimum atomic E-state index is -3.98. The first-order valence-corrected chi connectivity index (χ1v) is 12.4. The normalized spacial score (nSPS) is 19.4. The Bertz CT molecular complexity index is 1230. The van der Waals surface area contributed by atoms with E-state index in [0.29, 0.717) is 17.3 Å². The third kappa shape index (κ3) is 4.36. The number of sulfonamides is 1. The van der Waals surface area contributed by atoms with Gasteiger partial charge in [0.15, 0.2) is 0 Å². The molecule has 8 nitrogen and oxygen atoms in total. The number of ether oxygens (including phenoxy) is 1. The molecular formula is C22H24N2O6S2. The van der Waals surface area contributed by atoms with Gasteiger partial charge in [-0.3, -0.25) is 4.79 Å². The molecule has 32 heavy (non-hydrogen) atoms. The molecule has 10 heteroatoms. The number of carbonyl (C=O) groups is 1. The van der Waals surface area contributed by atoms with Gasteiger partial charge in [0.05, 0.1) is 15.9 Å². The smallest absolute Gasteiger partial charge is 0.324 e. The molecule has 1 N–H and O–H groups in total. The molecule has 2 atom stereocenters. The SMILES string of the molecule is Cc1ccc(S(=O)(=O)N2C[C@@H](O)C[C@@H]2C(=O)OCc2nc(-c3cccs3)oc2C)cc1C. The molecule has 2 aromatic heterocycles. The lowest BCUT2D eigenvalue weighted by Gasteiger charge is -2.22. The third-order valence-electron chi connectivity index (χ3n) is 5.57. The maximum absolute atomic E-state index is 13.2. The Morgan fingerprint density at radius 1 is 1.28 bits per heavy atom. The molecule has 0 unspecified atom stereocenters. The van der Waals surface area contributed by atoms with Crippen LogP contribution in [0.2, 0.25) is 0 Å². The first-order chi connectivity index (χ1) is 15.2.